The summed E-state index contributed by atoms with van der Waals surface area (Å²) in [6.45, 7) is 0.723. The van der Waals surface area contributed by atoms with Crippen molar-refractivity contribution in [3.8, 4) is 5.75 Å². The molecule has 1 aromatic carbocycles. The fraction of sp³-hybridized carbons (Fsp3) is 0.562. The number of hydrogen-bond donors (Lipinski definition) is 2. The van der Waals surface area contributed by atoms with Crippen LogP contribution in [0.5, 0.6) is 5.75 Å². The maximum Gasteiger partial charge on any atom is 0.225 e. The van der Waals surface area contributed by atoms with Crippen LogP contribution < -0.4 is 15.4 Å². The van der Waals surface area contributed by atoms with E-state index in [1.54, 1.807) is 25.3 Å². The van der Waals surface area contributed by atoms with Gasteiger partial charge in [-0.15, -0.1) is 0 Å². The van der Waals surface area contributed by atoms with Gasteiger partial charge in [0.2, 0.25) is 5.91 Å². The molecule has 1 aliphatic carbocycles. The Bertz CT molecular complexity index is 473. The summed E-state index contributed by atoms with van der Waals surface area (Å²) in [5.41, 5.74) is 0.698. The number of methoxy groups -OCH3 is 1. The Morgan fingerprint density at radius 1 is 1.33 bits per heavy atom. The third-order valence-corrected chi connectivity index (χ3v) is 4.12. The lowest BCUT2D eigenvalue weighted by Gasteiger charge is -2.22. The van der Waals surface area contributed by atoms with Crippen molar-refractivity contribution in [1.82, 2.24) is 5.32 Å². The molecular weight excluding hydrogens is 288 g/mol. The van der Waals surface area contributed by atoms with Crippen molar-refractivity contribution in [3.05, 3.63) is 23.2 Å². The maximum absolute atomic E-state index is 11.9. The Labute approximate surface area is 131 Å². The molecule has 0 aromatic heterocycles. The van der Waals surface area contributed by atoms with Crippen molar-refractivity contribution in [2.45, 2.75) is 44.6 Å². The molecule has 116 valence electrons. The monoisotopic (exact) mass is 310 g/mol. The quantitative estimate of drug-likeness (QED) is 0.844. The Hall–Kier alpha value is -1.26. The molecule has 2 N–H and O–H groups in total. The van der Waals surface area contributed by atoms with E-state index < -0.39 is 0 Å². The van der Waals surface area contributed by atoms with E-state index in [2.05, 4.69) is 10.6 Å². The Morgan fingerprint density at radius 3 is 2.76 bits per heavy atom. The first-order chi connectivity index (χ1) is 10.2. The summed E-state index contributed by atoms with van der Waals surface area (Å²) in [7, 11) is 1.57. The normalized spacial score (nSPS) is 15.7. The maximum atomic E-state index is 11.9. The topological polar surface area (TPSA) is 50.4 Å². The molecular formula is C16H23ClN2O2. The van der Waals surface area contributed by atoms with Crippen molar-refractivity contribution in [1.29, 1.82) is 0 Å². The molecule has 21 heavy (non-hydrogen) atoms. The molecule has 4 nitrogen and oxygen atoms in total. The summed E-state index contributed by atoms with van der Waals surface area (Å²) in [6, 6.07) is 5.82. The minimum Gasteiger partial charge on any atom is -0.495 e. The van der Waals surface area contributed by atoms with Gasteiger partial charge in [-0.2, -0.15) is 0 Å². The SMILES string of the molecule is COc1ccc(NC(=O)CCNC2CCCCC2)cc1Cl. The first-order valence-electron chi connectivity index (χ1n) is 7.56. The molecule has 1 aromatic rings. The number of halogens is 1. The molecule has 1 aliphatic rings. The second kappa shape index (κ2) is 8.25. The van der Waals surface area contributed by atoms with Crippen LogP contribution in [0.1, 0.15) is 38.5 Å². The molecule has 5 heteroatoms. The molecule has 0 radical (unpaired) electrons. The highest BCUT2D eigenvalue weighted by Crippen LogP contribution is 2.27. The fourth-order valence-electron chi connectivity index (χ4n) is 2.66. The highest BCUT2D eigenvalue weighted by Gasteiger charge is 2.13. The van der Waals surface area contributed by atoms with Crippen LogP contribution in [0.4, 0.5) is 5.69 Å². The van der Waals surface area contributed by atoms with Crippen molar-refractivity contribution in [2.75, 3.05) is 19.0 Å². The summed E-state index contributed by atoms with van der Waals surface area (Å²) in [5, 5.41) is 6.81. The van der Waals surface area contributed by atoms with Gasteiger partial charge in [-0.1, -0.05) is 30.9 Å². The van der Waals surface area contributed by atoms with Crippen molar-refractivity contribution in [2.24, 2.45) is 0 Å². The summed E-state index contributed by atoms with van der Waals surface area (Å²) in [4.78, 5) is 11.9. The van der Waals surface area contributed by atoms with E-state index in [1.165, 1.54) is 32.1 Å². The van der Waals surface area contributed by atoms with Crippen LogP contribution in [0.3, 0.4) is 0 Å². The summed E-state index contributed by atoms with van der Waals surface area (Å²) in [6.07, 6.45) is 6.88. The van der Waals surface area contributed by atoms with Gasteiger partial charge in [-0.25, -0.2) is 0 Å². The number of benzene rings is 1. The van der Waals surface area contributed by atoms with Crippen LogP contribution in [-0.2, 0) is 4.79 Å². The van der Waals surface area contributed by atoms with Crippen LogP contribution in [0.2, 0.25) is 5.02 Å². The van der Waals surface area contributed by atoms with Gasteiger partial charge in [0.1, 0.15) is 5.75 Å². The molecule has 1 saturated carbocycles. The number of rotatable bonds is 6. The molecule has 2 rings (SSSR count). The first-order valence-corrected chi connectivity index (χ1v) is 7.93. The average Bonchev–Trinajstić information content (AvgIpc) is 2.48. The van der Waals surface area contributed by atoms with Gasteiger partial charge in [0.05, 0.1) is 12.1 Å². The smallest absolute Gasteiger partial charge is 0.225 e. The van der Waals surface area contributed by atoms with Crippen molar-refractivity contribution in [3.63, 3.8) is 0 Å². The Kier molecular flexibility index (Phi) is 6.33. The molecule has 0 aliphatic heterocycles. The van der Waals surface area contributed by atoms with Gasteiger partial charge < -0.3 is 15.4 Å². The van der Waals surface area contributed by atoms with Crippen LogP contribution >= 0.6 is 11.6 Å². The third kappa shape index (κ3) is 5.21. The van der Waals surface area contributed by atoms with Gasteiger partial charge in [-0.3, -0.25) is 4.79 Å². The number of anilines is 1. The van der Waals surface area contributed by atoms with Gasteiger partial charge in [0.15, 0.2) is 0 Å². The summed E-state index contributed by atoms with van der Waals surface area (Å²) < 4.78 is 5.08. The molecule has 0 unspecified atom stereocenters. The minimum atomic E-state index is -0.000423. The molecule has 1 amide bonds. The molecule has 0 atom stereocenters. The average molecular weight is 311 g/mol. The van der Waals surface area contributed by atoms with E-state index in [1.807, 2.05) is 0 Å². The number of hydrogen-bond acceptors (Lipinski definition) is 3. The standard InChI is InChI=1S/C16H23ClN2O2/c1-21-15-8-7-13(11-14(15)17)19-16(20)9-10-18-12-5-3-2-4-6-12/h7-8,11-12,18H,2-6,9-10H2,1H3,(H,19,20). The first kappa shape index (κ1) is 16.1. The van der Waals surface area contributed by atoms with E-state index in [-0.39, 0.29) is 5.91 Å². The third-order valence-electron chi connectivity index (χ3n) is 3.83. The number of carbonyl (C=O) groups is 1. The van der Waals surface area contributed by atoms with Crippen molar-refractivity contribution >= 4 is 23.2 Å². The number of ether oxygens (including phenoxy) is 1. The lowest BCUT2D eigenvalue weighted by Crippen LogP contribution is -2.33. The molecule has 1 fully saturated rings. The Morgan fingerprint density at radius 2 is 2.10 bits per heavy atom. The van der Waals surface area contributed by atoms with E-state index in [4.69, 9.17) is 16.3 Å². The van der Waals surface area contributed by atoms with Gasteiger partial charge in [0, 0.05) is 24.7 Å². The van der Waals surface area contributed by atoms with E-state index in [9.17, 15) is 4.79 Å². The van der Waals surface area contributed by atoms with Gasteiger partial charge in [0.25, 0.3) is 0 Å². The Balaban J connectivity index is 1.72. The van der Waals surface area contributed by atoms with E-state index in [0.717, 1.165) is 6.54 Å². The minimum absolute atomic E-state index is 0.000423. The summed E-state index contributed by atoms with van der Waals surface area (Å²) >= 11 is 6.03. The van der Waals surface area contributed by atoms with E-state index >= 15 is 0 Å². The predicted octanol–water partition coefficient (Wildman–Crippen LogP) is 3.60. The zero-order chi connectivity index (χ0) is 15.1. The molecule has 0 heterocycles. The summed E-state index contributed by atoms with van der Waals surface area (Å²) in [5.74, 6) is 0.605. The van der Waals surface area contributed by atoms with Crippen LogP contribution in [0.15, 0.2) is 18.2 Å². The second-order valence-corrected chi connectivity index (χ2v) is 5.84. The zero-order valence-corrected chi connectivity index (χ0v) is 13.2. The number of amides is 1. The van der Waals surface area contributed by atoms with Crippen LogP contribution in [-0.4, -0.2) is 25.6 Å². The van der Waals surface area contributed by atoms with E-state index in [0.29, 0.717) is 28.9 Å². The predicted molar refractivity (Wildman–Crippen MR) is 86.1 cm³/mol. The molecule has 0 saturated heterocycles. The zero-order valence-electron chi connectivity index (χ0n) is 12.5. The molecule has 0 spiro atoms. The fourth-order valence-corrected chi connectivity index (χ4v) is 2.92. The highest BCUT2D eigenvalue weighted by atomic mass is 35.5. The number of nitrogens with one attached hydrogen (secondary N) is 2. The van der Waals surface area contributed by atoms with Crippen molar-refractivity contribution < 1.29 is 9.53 Å². The lowest BCUT2D eigenvalue weighted by molar-refractivity contribution is -0.116. The molecule has 0 bridgehead atoms. The van der Waals surface area contributed by atoms with Gasteiger partial charge >= 0.3 is 0 Å². The largest absolute Gasteiger partial charge is 0.495 e. The van der Waals surface area contributed by atoms with Gasteiger partial charge in [-0.05, 0) is 31.0 Å². The van der Waals surface area contributed by atoms with Crippen LogP contribution in [0.25, 0.3) is 0 Å². The second-order valence-electron chi connectivity index (χ2n) is 5.44. The number of carbonyl (C=O) groups excluding carboxylic acids is 1. The van der Waals surface area contributed by atoms with Crippen LogP contribution in [0, 0.1) is 0 Å². The lowest BCUT2D eigenvalue weighted by atomic mass is 9.95. The highest BCUT2D eigenvalue weighted by molar-refractivity contribution is 6.32.